The molecule has 0 aliphatic heterocycles. The molecule has 0 amide bonds. The molecule has 0 N–H and O–H groups in total. The van der Waals surface area contributed by atoms with Crippen LogP contribution in [0.2, 0.25) is 5.02 Å². The van der Waals surface area contributed by atoms with E-state index in [1.807, 2.05) is 6.07 Å². The van der Waals surface area contributed by atoms with E-state index in [1.165, 1.54) is 12.1 Å². The third-order valence-electron chi connectivity index (χ3n) is 5.02. The summed E-state index contributed by atoms with van der Waals surface area (Å²) in [4.78, 5) is 0.199. The van der Waals surface area contributed by atoms with Gasteiger partial charge in [-0.15, -0.1) is 10.2 Å². The van der Waals surface area contributed by atoms with E-state index in [-0.39, 0.29) is 22.1 Å². The molecule has 28 heavy (non-hydrogen) atoms. The number of benzene rings is 1. The van der Waals surface area contributed by atoms with Crippen LogP contribution in [0, 0.1) is 0 Å². The number of sulfone groups is 1. The Labute approximate surface area is 168 Å². The molecule has 1 aromatic carbocycles. The summed E-state index contributed by atoms with van der Waals surface area (Å²) < 4.78 is 32.7. The number of aromatic nitrogens is 4. The van der Waals surface area contributed by atoms with Crippen LogP contribution in [-0.4, -0.2) is 28.4 Å². The number of rotatable bonds is 4. The normalized spacial score (nSPS) is 16.3. The second-order valence-corrected chi connectivity index (χ2v) is 10.8. The molecule has 1 fully saturated rings. The highest BCUT2D eigenvalue weighted by atomic mass is 35.5. The van der Waals surface area contributed by atoms with Crippen molar-refractivity contribution in [3.05, 3.63) is 46.9 Å². The number of nitrogens with zero attached hydrogens (tertiary/aromatic N) is 4. The van der Waals surface area contributed by atoms with Crippen LogP contribution in [0.5, 0.6) is 0 Å². The fourth-order valence-corrected chi connectivity index (χ4v) is 5.12. The monoisotopic (exact) mass is 420 g/mol. The van der Waals surface area contributed by atoms with Gasteiger partial charge in [-0.1, -0.05) is 32.4 Å². The Morgan fingerprint density at radius 1 is 1.14 bits per heavy atom. The van der Waals surface area contributed by atoms with Gasteiger partial charge in [-0.05, 0) is 43.2 Å². The smallest absolute Gasteiger partial charge is 0.266 e. The Kier molecular flexibility index (Phi) is 4.21. The standard InChI is InChI=1S/C19H21ClN4O3S/c1-18(2,3)15-11-14(24(4)23-15)16-21-22-17(27-16)19(9-10-19)28(25,26)13-7-5-12(20)6-8-13/h5-8,11H,9-10H2,1-4H3. The second-order valence-electron chi connectivity index (χ2n) is 8.15. The summed E-state index contributed by atoms with van der Waals surface area (Å²) in [7, 11) is -1.87. The first kappa shape index (κ1) is 19.1. The Hall–Kier alpha value is -2.19. The predicted octanol–water partition coefficient (Wildman–Crippen LogP) is 3.88. The molecular weight excluding hydrogens is 400 g/mol. The molecule has 2 aromatic heterocycles. The highest BCUT2D eigenvalue weighted by Gasteiger charge is 2.60. The van der Waals surface area contributed by atoms with Gasteiger partial charge in [0.1, 0.15) is 5.69 Å². The van der Waals surface area contributed by atoms with Gasteiger partial charge in [0.15, 0.2) is 14.6 Å². The Morgan fingerprint density at radius 2 is 1.79 bits per heavy atom. The zero-order valence-electron chi connectivity index (χ0n) is 16.1. The summed E-state index contributed by atoms with van der Waals surface area (Å²) in [6, 6.07) is 8.03. The summed E-state index contributed by atoms with van der Waals surface area (Å²) in [5.41, 5.74) is 1.41. The molecule has 0 unspecified atom stereocenters. The van der Waals surface area contributed by atoms with Gasteiger partial charge in [0.05, 0.1) is 10.6 Å². The minimum absolute atomic E-state index is 0.121. The van der Waals surface area contributed by atoms with Crippen LogP contribution in [-0.2, 0) is 27.0 Å². The van der Waals surface area contributed by atoms with Gasteiger partial charge >= 0.3 is 0 Å². The summed E-state index contributed by atoms with van der Waals surface area (Å²) >= 11 is 5.88. The second kappa shape index (κ2) is 6.15. The maximum atomic E-state index is 13.2. The van der Waals surface area contributed by atoms with E-state index in [4.69, 9.17) is 16.0 Å². The van der Waals surface area contributed by atoms with Crippen LogP contribution in [0.25, 0.3) is 11.6 Å². The summed E-state index contributed by atoms with van der Waals surface area (Å²) in [5, 5.41) is 13.2. The molecule has 2 heterocycles. The average Bonchev–Trinajstić information content (AvgIpc) is 3.12. The molecule has 1 saturated carbocycles. The molecule has 4 rings (SSSR count). The lowest BCUT2D eigenvalue weighted by atomic mass is 9.92. The van der Waals surface area contributed by atoms with E-state index in [1.54, 1.807) is 23.9 Å². The number of hydrogen-bond acceptors (Lipinski definition) is 6. The molecule has 0 bridgehead atoms. The van der Waals surface area contributed by atoms with E-state index in [9.17, 15) is 8.42 Å². The third-order valence-corrected chi connectivity index (χ3v) is 7.78. The maximum absolute atomic E-state index is 13.2. The van der Waals surface area contributed by atoms with Crippen molar-refractivity contribution in [1.82, 2.24) is 20.0 Å². The van der Waals surface area contributed by atoms with Gasteiger partial charge < -0.3 is 4.42 Å². The average molecular weight is 421 g/mol. The van der Waals surface area contributed by atoms with E-state index in [2.05, 4.69) is 36.1 Å². The van der Waals surface area contributed by atoms with Crippen LogP contribution < -0.4 is 0 Å². The molecule has 0 radical (unpaired) electrons. The van der Waals surface area contributed by atoms with E-state index in [0.717, 1.165) is 5.69 Å². The van der Waals surface area contributed by atoms with Crippen molar-refractivity contribution < 1.29 is 12.8 Å². The van der Waals surface area contributed by atoms with Crippen LogP contribution >= 0.6 is 11.6 Å². The van der Waals surface area contributed by atoms with Crippen molar-refractivity contribution in [3.8, 4) is 11.6 Å². The first-order valence-corrected chi connectivity index (χ1v) is 10.8. The lowest BCUT2D eigenvalue weighted by Gasteiger charge is -2.13. The quantitative estimate of drug-likeness (QED) is 0.636. The lowest BCUT2D eigenvalue weighted by molar-refractivity contribution is 0.476. The summed E-state index contributed by atoms with van der Waals surface area (Å²) in [6.45, 7) is 6.20. The molecule has 148 valence electrons. The van der Waals surface area contributed by atoms with Crippen LogP contribution in [0.15, 0.2) is 39.6 Å². The van der Waals surface area contributed by atoms with Crippen LogP contribution in [0.4, 0.5) is 0 Å². The molecule has 1 aliphatic carbocycles. The zero-order chi connectivity index (χ0) is 20.3. The first-order valence-electron chi connectivity index (χ1n) is 8.94. The van der Waals surface area contributed by atoms with Gasteiger partial charge in [-0.25, -0.2) is 8.42 Å². The molecule has 3 aromatic rings. The minimum atomic E-state index is -3.67. The topological polar surface area (TPSA) is 90.9 Å². The van der Waals surface area contributed by atoms with Gasteiger partial charge in [0, 0.05) is 17.5 Å². The Morgan fingerprint density at radius 3 is 2.32 bits per heavy atom. The van der Waals surface area contributed by atoms with Gasteiger partial charge in [-0.3, -0.25) is 4.68 Å². The number of aryl methyl sites for hydroxylation is 1. The molecule has 0 atom stereocenters. The third kappa shape index (κ3) is 2.95. The fourth-order valence-electron chi connectivity index (χ4n) is 3.10. The minimum Gasteiger partial charge on any atom is -0.418 e. The maximum Gasteiger partial charge on any atom is 0.266 e. The molecule has 9 heteroatoms. The zero-order valence-corrected chi connectivity index (χ0v) is 17.7. The summed E-state index contributed by atoms with van der Waals surface area (Å²) in [5.74, 6) is 0.383. The fraction of sp³-hybridized carbons (Fsp3) is 0.421. The Balaban J connectivity index is 1.72. The van der Waals surface area contributed by atoms with Crippen molar-refractivity contribution in [2.45, 2.75) is 48.7 Å². The lowest BCUT2D eigenvalue weighted by Crippen LogP contribution is -2.21. The van der Waals surface area contributed by atoms with Crippen molar-refractivity contribution >= 4 is 21.4 Å². The van der Waals surface area contributed by atoms with Crippen molar-refractivity contribution in [2.75, 3.05) is 0 Å². The van der Waals surface area contributed by atoms with Crippen molar-refractivity contribution in [3.63, 3.8) is 0 Å². The summed E-state index contributed by atoms with van der Waals surface area (Å²) in [6.07, 6.45) is 0.885. The number of halogens is 1. The van der Waals surface area contributed by atoms with E-state index in [0.29, 0.717) is 23.6 Å². The molecule has 1 aliphatic rings. The molecule has 0 spiro atoms. The van der Waals surface area contributed by atoms with E-state index >= 15 is 0 Å². The predicted molar refractivity (Wildman–Crippen MR) is 105 cm³/mol. The highest BCUT2D eigenvalue weighted by molar-refractivity contribution is 7.92. The van der Waals surface area contributed by atoms with Gasteiger partial charge in [-0.2, -0.15) is 5.10 Å². The number of hydrogen-bond donors (Lipinski definition) is 0. The highest BCUT2D eigenvalue weighted by Crippen LogP contribution is 2.55. The van der Waals surface area contributed by atoms with E-state index < -0.39 is 14.6 Å². The Bertz CT molecular complexity index is 1140. The molecule has 7 nitrogen and oxygen atoms in total. The largest absolute Gasteiger partial charge is 0.418 e. The first-order chi connectivity index (χ1) is 13.0. The SMILES string of the molecule is Cn1nc(C(C)(C)C)cc1-c1nnc(C2(S(=O)(=O)c3ccc(Cl)cc3)CC2)o1. The van der Waals surface area contributed by atoms with Crippen molar-refractivity contribution in [2.24, 2.45) is 7.05 Å². The van der Waals surface area contributed by atoms with Gasteiger partial charge in [0.2, 0.25) is 5.89 Å². The van der Waals surface area contributed by atoms with Crippen LogP contribution in [0.3, 0.4) is 0 Å². The van der Waals surface area contributed by atoms with Crippen LogP contribution in [0.1, 0.15) is 45.2 Å². The molecule has 0 saturated heterocycles. The van der Waals surface area contributed by atoms with Gasteiger partial charge in [0.25, 0.3) is 5.89 Å². The molecular formula is C19H21ClN4O3S. The van der Waals surface area contributed by atoms with Crippen molar-refractivity contribution in [1.29, 1.82) is 0 Å².